The third-order valence-corrected chi connectivity index (χ3v) is 6.92. The van der Waals surface area contributed by atoms with E-state index in [9.17, 15) is 13.2 Å². The minimum Gasteiger partial charge on any atom is -0.454 e. The van der Waals surface area contributed by atoms with Gasteiger partial charge in [0.05, 0.1) is 10.8 Å². The van der Waals surface area contributed by atoms with E-state index in [0.29, 0.717) is 37.4 Å². The number of carbonyl (C=O) groups is 1. The van der Waals surface area contributed by atoms with Crippen molar-refractivity contribution in [3.05, 3.63) is 54.1 Å². The van der Waals surface area contributed by atoms with Gasteiger partial charge in [0.2, 0.25) is 22.7 Å². The lowest BCUT2D eigenvalue weighted by atomic mass is 9.98. The first kappa shape index (κ1) is 18.8. The van der Waals surface area contributed by atoms with Gasteiger partial charge in [0.25, 0.3) is 0 Å². The molecule has 2 aromatic rings. The number of hydrogen-bond acceptors (Lipinski definition) is 5. The molecule has 8 heteroatoms. The molecule has 28 heavy (non-hydrogen) atoms. The zero-order valence-corrected chi connectivity index (χ0v) is 16.2. The average Bonchev–Trinajstić information content (AvgIpc) is 3.20. The maximum atomic E-state index is 12.8. The van der Waals surface area contributed by atoms with Gasteiger partial charge in [-0.05, 0) is 42.7 Å². The molecule has 1 saturated heterocycles. The molecule has 1 N–H and O–H groups in total. The lowest BCUT2D eigenvalue weighted by Crippen LogP contribution is -2.45. The van der Waals surface area contributed by atoms with E-state index in [-0.39, 0.29) is 30.1 Å². The van der Waals surface area contributed by atoms with E-state index < -0.39 is 10.0 Å². The van der Waals surface area contributed by atoms with Crippen LogP contribution < -0.4 is 14.8 Å². The fourth-order valence-electron chi connectivity index (χ4n) is 3.50. The highest BCUT2D eigenvalue weighted by atomic mass is 32.2. The van der Waals surface area contributed by atoms with E-state index in [4.69, 9.17) is 9.47 Å². The van der Waals surface area contributed by atoms with E-state index in [1.54, 1.807) is 30.3 Å². The van der Waals surface area contributed by atoms with Crippen LogP contribution in [0.25, 0.3) is 0 Å². The van der Waals surface area contributed by atoms with Crippen molar-refractivity contribution in [3.63, 3.8) is 0 Å². The number of hydrogen-bond donors (Lipinski definition) is 1. The number of nitrogens with zero attached hydrogens (tertiary/aromatic N) is 1. The number of amides is 1. The predicted molar refractivity (Wildman–Crippen MR) is 102 cm³/mol. The van der Waals surface area contributed by atoms with Crippen LogP contribution in [0, 0.1) is 5.92 Å². The smallest absolute Gasteiger partial charge is 0.243 e. The van der Waals surface area contributed by atoms with Crippen molar-refractivity contribution in [3.8, 4) is 11.5 Å². The maximum Gasteiger partial charge on any atom is 0.243 e. The van der Waals surface area contributed by atoms with Gasteiger partial charge in [0.15, 0.2) is 11.5 Å². The Morgan fingerprint density at radius 2 is 1.89 bits per heavy atom. The number of carbonyl (C=O) groups excluding carboxylic acids is 1. The van der Waals surface area contributed by atoms with Crippen molar-refractivity contribution in [1.82, 2.24) is 9.62 Å². The maximum absolute atomic E-state index is 12.8. The summed E-state index contributed by atoms with van der Waals surface area (Å²) >= 11 is 0. The second-order valence-electron chi connectivity index (χ2n) is 6.92. The standard InChI is InChI=1S/C20H22N2O5S/c23-20(21-12-15-8-9-18-19(11-15)27-14-26-18)16-5-4-10-22(13-16)28(24,25)17-6-2-1-3-7-17/h1-3,6-9,11,16H,4-5,10,12-14H2,(H,21,23). The summed E-state index contributed by atoms with van der Waals surface area (Å²) in [6, 6.07) is 13.9. The summed E-state index contributed by atoms with van der Waals surface area (Å²) in [5.41, 5.74) is 0.905. The fourth-order valence-corrected chi connectivity index (χ4v) is 5.05. The molecule has 2 heterocycles. The fraction of sp³-hybridized carbons (Fsp3) is 0.350. The number of nitrogens with one attached hydrogen (secondary N) is 1. The van der Waals surface area contributed by atoms with Gasteiger partial charge in [-0.3, -0.25) is 4.79 Å². The van der Waals surface area contributed by atoms with E-state index in [1.807, 2.05) is 18.2 Å². The topological polar surface area (TPSA) is 84.9 Å². The van der Waals surface area contributed by atoms with Crippen molar-refractivity contribution < 1.29 is 22.7 Å². The highest BCUT2D eigenvalue weighted by molar-refractivity contribution is 7.89. The molecule has 2 aromatic carbocycles. The summed E-state index contributed by atoms with van der Waals surface area (Å²) in [5, 5.41) is 2.91. The van der Waals surface area contributed by atoms with Crippen LogP contribution in [0.3, 0.4) is 0 Å². The summed E-state index contributed by atoms with van der Waals surface area (Å²) in [4.78, 5) is 12.9. The zero-order chi connectivity index (χ0) is 19.6. The van der Waals surface area contributed by atoms with Crippen molar-refractivity contribution >= 4 is 15.9 Å². The van der Waals surface area contributed by atoms with Crippen LogP contribution in [0.15, 0.2) is 53.4 Å². The van der Waals surface area contributed by atoms with Crippen molar-refractivity contribution in [2.45, 2.75) is 24.3 Å². The first-order chi connectivity index (χ1) is 13.5. The van der Waals surface area contributed by atoms with E-state index >= 15 is 0 Å². The van der Waals surface area contributed by atoms with Gasteiger partial charge in [-0.1, -0.05) is 24.3 Å². The predicted octanol–water partition coefficient (Wildman–Crippen LogP) is 2.13. The minimum absolute atomic E-state index is 0.134. The first-order valence-corrected chi connectivity index (χ1v) is 10.7. The Hall–Kier alpha value is -2.58. The Morgan fingerprint density at radius 1 is 1.11 bits per heavy atom. The molecule has 2 aliphatic rings. The first-order valence-electron chi connectivity index (χ1n) is 9.25. The zero-order valence-electron chi connectivity index (χ0n) is 15.3. The third kappa shape index (κ3) is 3.83. The van der Waals surface area contributed by atoms with E-state index in [1.165, 1.54) is 4.31 Å². The highest BCUT2D eigenvalue weighted by Crippen LogP contribution is 2.32. The van der Waals surface area contributed by atoms with Gasteiger partial charge >= 0.3 is 0 Å². The molecule has 7 nitrogen and oxygen atoms in total. The van der Waals surface area contributed by atoms with Gasteiger partial charge < -0.3 is 14.8 Å². The van der Waals surface area contributed by atoms with Crippen LogP contribution >= 0.6 is 0 Å². The molecular weight excluding hydrogens is 380 g/mol. The Balaban J connectivity index is 1.38. The highest BCUT2D eigenvalue weighted by Gasteiger charge is 2.33. The lowest BCUT2D eigenvalue weighted by Gasteiger charge is -2.31. The van der Waals surface area contributed by atoms with Gasteiger partial charge in [-0.25, -0.2) is 8.42 Å². The van der Waals surface area contributed by atoms with Gasteiger partial charge in [-0.15, -0.1) is 0 Å². The molecule has 1 unspecified atom stereocenters. The number of fused-ring (bicyclic) bond motifs is 1. The van der Waals surface area contributed by atoms with E-state index in [0.717, 1.165) is 5.56 Å². The molecule has 2 aliphatic heterocycles. The van der Waals surface area contributed by atoms with E-state index in [2.05, 4.69) is 5.32 Å². The monoisotopic (exact) mass is 402 g/mol. The minimum atomic E-state index is -3.58. The van der Waals surface area contributed by atoms with Crippen LogP contribution in [0.5, 0.6) is 11.5 Å². The average molecular weight is 402 g/mol. The van der Waals surface area contributed by atoms with Crippen molar-refractivity contribution in [1.29, 1.82) is 0 Å². The van der Waals surface area contributed by atoms with Crippen LogP contribution in [0.1, 0.15) is 18.4 Å². The summed E-state index contributed by atoms with van der Waals surface area (Å²) in [6.45, 7) is 1.20. The summed E-state index contributed by atoms with van der Waals surface area (Å²) < 4.78 is 37.7. The molecule has 148 valence electrons. The van der Waals surface area contributed by atoms with Gasteiger partial charge in [0, 0.05) is 19.6 Å². The molecule has 0 aromatic heterocycles. The van der Waals surface area contributed by atoms with Gasteiger partial charge in [0.1, 0.15) is 0 Å². The Labute approximate surface area is 164 Å². The lowest BCUT2D eigenvalue weighted by molar-refractivity contribution is -0.126. The van der Waals surface area contributed by atoms with Gasteiger partial charge in [-0.2, -0.15) is 4.31 Å². The summed E-state index contributed by atoms with van der Waals surface area (Å²) in [6.07, 6.45) is 1.34. The Morgan fingerprint density at radius 3 is 2.71 bits per heavy atom. The Kier molecular flexibility index (Phi) is 5.23. The molecule has 0 aliphatic carbocycles. The SMILES string of the molecule is O=C(NCc1ccc2c(c1)OCO2)C1CCCN(S(=O)(=O)c2ccccc2)C1. The summed E-state index contributed by atoms with van der Waals surface area (Å²) in [5.74, 6) is 0.875. The number of piperidine rings is 1. The number of rotatable bonds is 5. The molecule has 1 amide bonds. The molecular formula is C20H22N2O5S. The Bertz CT molecular complexity index is 962. The van der Waals surface area contributed by atoms with Crippen molar-refractivity contribution in [2.75, 3.05) is 19.9 Å². The third-order valence-electron chi connectivity index (χ3n) is 5.04. The molecule has 0 bridgehead atoms. The van der Waals surface area contributed by atoms with Crippen LogP contribution in [0.4, 0.5) is 0 Å². The summed E-state index contributed by atoms with van der Waals surface area (Å²) in [7, 11) is -3.58. The number of benzene rings is 2. The number of ether oxygens (including phenoxy) is 2. The largest absolute Gasteiger partial charge is 0.454 e. The normalized spacial score (nSPS) is 19.4. The molecule has 4 rings (SSSR count). The van der Waals surface area contributed by atoms with Crippen LogP contribution in [-0.2, 0) is 21.4 Å². The van der Waals surface area contributed by atoms with Crippen LogP contribution in [0.2, 0.25) is 0 Å². The van der Waals surface area contributed by atoms with Crippen LogP contribution in [-0.4, -0.2) is 38.5 Å². The second kappa shape index (κ2) is 7.81. The molecule has 1 atom stereocenters. The molecule has 0 radical (unpaired) electrons. The molecule has 0 spiro atoms. The number of sulfonamides is 1. The quantitative estimate of drug-likeness (QED) is 0.828. The second-order valence-corrected chi connectivity index (χ2v) is 8.86. The van der Waals surface area contributed by atoms with Crippen molar-refractivity contribution in [2.24, 2.45) is 5.92 Å². The molecule has 1 fully saturated rings. The molecule has 0 saturated carbocycles.